The summed E-state index contributed by atoms with van der Waals surface area (Å²) in [5.74, 6) is -0.572. The van der Waals surface area contributed by atoms with Crippen LogP contribution in [-0.2, 0) is 0 Å². The highest BCUT2D eigenvalue weighted by atomic mass is 35.5. The number of aromatic nitrogens is 2. The number of benzene rings is 1. The molecule has 0 spiro atoms. The number of hydrogen-bond donors (Lipinski definition) is 1. The lowest BCUT2D eigenvalue weighted by molar-refractivity contribution is 0.100. The molecule has 2 aromatic rings. The molecule has 0 radical (unpaired) electrons. The van der Waals surface area contributed by atoms with E-state index in [1.54, 1.807) is 0 Å². The van der Waals surface area contributed by atoms with Gasteiger partial charge >= 0.3 is 0 Å². The number of amides is 1. The van der Waals surface area contributed by atoms with Gasteiger partial charge in [-0.05, 0) is 12.1 Å². The molecule has 0 saturated heterocycles. The minimum absolute atomic E-state index is 0.270. The van der Waals surface area contributed by atoms with Gasteiger partial charge in [0.1, 0.15) is 5.69 Å². The van der Waals surface area contributed by atoms with Crippen LogP contribution < -0.4 is 5.73 Å². The minimum atomic E-state index is -0.572. The Hall–Kier alpha value is -1.23. The van der Waals surface area contributed by atoms with Crippen LogP contribution in [0.1, 0.15) is 10.4 Å². The van der Waals surface area contributed by atoms with Crippen LogP contribution in [0.5, 0.6) is 0 Å². The van der Waals surface area contributed by atoms with E-state index in [2.05, 4.69) is 5.10 Å². The maximum absolute atomic E-state index is 11.0. The molecule has 0 atom stereocenters. The number of hydrogen-bond acceptors (Lipinski definition) is 2. The molecule has 88 valence electrons. The summed E-state index contributed by atoms with van der Waals surface area (Å²) in [6.45, 7) is 0. The molecule has 0 saturated carbocycles. The number of primary amides is 1. The lowest BCUT2D eigenvalue weighted by Gasteiger charge is -2.07. The predicted molar refractivity (Wildman–Crippen MR) is 67.1 cm³/mol. The molecule has 0 unspecified atom stereocenters. The zero-order valence-corrected chi connectivity index (χ0v) is 10.6. The fourth-order valence-electron chi connectivity index (χ4n) is 1.33. The molecule has 0 aliphatic heterocycles. The Bertz CT molecular complexity index is 571. The van der Waals surface area contributed by atoms with Crippen molar-refractivity contribution in [2.75, 3.05) is 0 Å². The van der Waals surface area contributed by atoms with E-state index >= 15 is 0 Å². The summed E-state index contributed by atoms with van der Waals surface area (Å²) in [6, 6.07) is 3.08. The van der Waals surface area contributed by atoms with Crippen molar-refractivity contribution in [3.63, 3.8) is 0 Å². The molecule has 1 heterocycles. The van der Waals surface area contributed by atoms with Gasteiger partial charge in [-0.3, -0.25) is 4.79 Å². The van der Waals surface area contributed by atoms with Crippen LogP contribution in [0.3, 0.4) is 0 Å². The van der Waals surface area contributed by atoms with Gasteiger partial charge in [0.05, 0.1) is 21.8 Å². The minimum Gasteiger partial charge on any atom is -0.366 e. The number of nitrogens with two attached hydrogens (primary N) is 1. The van der Waals surface area contributed by atoms with Crippen molar-refractivity contribution in [3.8, 4) is 5.69 Å². The molecular weight excluding hydrogens is 284 g/mol. The van der Waals surface area contributed by atoms with Gasteiger partial charge in [-0.2, -0.15) is 5.10 Å². The average Bonchev–Trinajstić information content (AvgIpc) is 2.65. The molecular formula is C10H6Cl3N3O. The summed E-state index contributed by atoms with van der Waals surface area (Å²) in [4.78, 5) is 11.0. The Morgan fingerprint density at radius 2 is 1.82 bits per heavy atom. The average molecular weight is 291 g/mol. The Morgan fingerprint density at radius 1 is 1.24 bits per heavy atom. The first-order valence-electron chi connectivity index (χ1n) is 4.48. The van der Waals surface area contributed by atoms with Gasteiger partial charge in [-0.25, -0.2) is 4.68 Å². The number of halogens is 3. The van der Waals surface area contributed by atoms with E-state index < -0.39 is 5.91 Å². The number of carbonyl (C=O) groups excluding carboxylic acids is 1. The first kappa shape index (κ1) is 12.2. The fourth-order valence-corrected chi connectivity index (χ4v) is 2.32. The normalized spacial score (nSPS) is 10.5. The zero-order valence-electron chi connectivity index (χ0n) is 8.32. The van der Waals surface area contributed by atoms with Crippen molar-refractivity contribution in [1.82, 2.24) is 9.78 Å². The molecule has 0 aliphatic rings. The molecule has 0 bridgehead atoms. The monoisotopic (exact) mass is 289 g/mol. The lowest BCUT2D eigenvalue weighted by atomic mass is 10.3. The predicted octanol–water partition coefficient (Wildman–Crippen LogP) is 2.93. The topological polar surface area (TPSA) is 60.9 Å². The molecule has 0 aliphatic carbocycles. The maximum Gasteiger partial charge on any atom is 0.251 e. The molecule has 1 amide bonds. The van der Waals surface area contributed by atoms with Crippen molar-refractivity contribution >= 4 is 40.7 Å². The molecule has 4 nitrogen and oxygen atoms in total. The van der Waals surface area contributed by atoms with Gasteiger partial charge in [0.2, 0.25) is 0 Å². The van der Waals surface area contributed by atoms with Gasteiger partial charge in [-0.1, -0.05) is 34.8 Å². The zero-order chi connectivity index (χ0) is 12.6. The van der Waals surface area contributed by atoms with Crippen molar-refractivity contribution in [2.24, 2.45) is 5.73 Å². The summed E-state index contributed by atoms with van der Waals surface area (Å²) in [5, 5.41) is 5.05. The van der Waals surface area contributed by atoms with Crippen molar-refractivity contribution < 1.29 is 4.79 Å². The third kappa shape index (κ3) is 2.39. The highest BCUT2D eigenvalue weighted by Gasteiger charge is 2.12. The molecule has 0 fully saturated rings. The smallest absolute Gasteiger partial charge is 0.251 e. The van der Waals surface area contributed by atoms with E-state index in [0.29, 0.717) is 20.8 Å². The highest BCUT2D eigenvalue weighted by molar-refractivity contribution is 6.40. The van der Waals surface area contributed by atoms with Crippen molar-refractivity contribution in [1.29, 1.82) is 0 Å². The maximum atomic E-state index is 11.0. The second kappa shape index (κ2) is 4.56. The van der Waals surface area contributed by atoms with Crippen LogP contribution >= 0.6 is 34.8 Å². The second-order valence-corrected chi connectivity index (χ2v) is 4.51. The van der Waals surface area contributed by atoms with E-state index in [0.717, 1.165) is 0 Å². The summed E-state index contributed by atoms with van der Waals surface area (Å²) >= 11 is 17.8. The van der Waals surface area contributed by atoms with Crippen LogP contribution in [-0.4, -0.2) is 15.7 Å². The molecule has 1 aromatic heterocycles. The third-order valence-corrected chi connectivity index (χ3v) is 2.87. The molecule has 17 heavy (non-hydrogen) atoms. The number of carbonyl (C=O) groups is 1. The van der Waals surface area contributed by atoms with Crippen LogP contribution in [0.4, 0.5) is 0 Å². The van der Waals surface area contributed by atoms with E-state index in [9.17, 15) is 4.79 Å². The van der Waals surface area contributed by atoms with Crippen molar-refractivity contribution in [3.05, 3.63) is 45.2 Å². The molecule has 7 heteroatoms. The fraction of sp³-hybridized carbons (Fsp3) is 0. The standard InChI is InChI=1S/C10H6Cl3N3O/c11-6-1-7(12)9(8(13)2-6)16-4-5(3-15-16)10(14)17/h1-4H,(H2,14,17). The molecule has 1 aromatic carbocycles. The summed E-state index contributed by atoms with van der Waals surface area (Å²) < 4.78 is 1.38. The Labute approximate surface area is 112 Å². The van der Waals surface area contributed by atoms with Crippen LogP contribution in [0, 0.1) is 0 Å². The first-order chi connectivity index (χ1) is 7.99. The SMILES string of the molecule is NC(=O)c1cnn(-c2c(Cl)cc(Cl)cc2Cl)c1. The number of nitrogens with zero attached hydrogens (tertiary/aromatic N) is 2. The van der Waals surface area contributed by atoms with E-state index in [1.165, 1.54) is 29.2 Å². The summed E-state index contributed by atoms with van der Waals surface area (Å²) in [7, 11) is 0. The van der Waals surface area contributed by atoms with Gasteiger partial charge in [-0.15, -0.1) is 0 Å². The lowest BCUT2D eigenvalue weighted by Crippen LogP contribution is -2.09. The quantitative estimate of drug-likeness (QED) is 0.924. The van der Waals surface area contributed by atoms with Gasteiger partial charge < -0.3 is 5.73 Å². The molecule has 2 N–H and O–H groups in total. The third-order valence-electron chi connectivity index (χ3n) is 2.08. The largest absolute Gasteiger partial charge is 0.366 e. The Kier molecular flexibility index (Phi) is 3.28. The summed E-state index contributed by atoms with van der Waals surface area (Å²) in [5.41, 5.74) is 5.85. The van der Waals surface area contributed by atoms with E-state index in [4.69, 9.17) is 40.5 Å². The number of rotatable bonds is 2. The van der Waals surface area contributed by atoms with Crippen molar-refractivity contribution in [2.45, 2.75) is 0 Å². The van der Waals surface area contributed by atoms with Gasteiger partial charge in [0, 0.05) is 11.2 Å². The molecule has 2 rings (SSSR count). The Morgan fingerprint density at radius 3 is 2.29 bits per heavy atom. The Balaban J connectivity index is 2.56. The summed E-state index contributed by atoms with van der Waals surface area (Å²) in [6.07, 6.45) is 2.78. The second-order valence-electron chi connectivity index (χ2n) is 3.26. The van der Waals surface area contributed by atoms with Gasteiger partial charge in [0.15, 0.2) is 0 Å². The highest BCUT2D eigenvalue weighted by Crippen LogP contribution is 2.31. The van der Waals surface area contributed by atoms with Gasteiger partial charge in [0.25, 0.3) is 5.91 Å². The van der Waals surface area contributed by atoms with E-state index in [-0.39, 0.29) is 5.56 Å². The van der Waals surface area contributed by atoms with Crippen LogP contribution in [0.2, 0.25) is 15.1 Å². The van der Waals surface area contributed by atoms with Crippen LogP contribution in [0.15, 0.2) is 24.5 Å². The van der Waals surface area contributed by atoms with Crippen LogP contribution in [0.25, 0.3) is 5.69 Å². The van der Waals surface area contributed by atoms with E-state index in [1.807, 2.05) is 0 Å². The first-order valence-corrected chi connectivity index (χ1v) is 5.62.